The monoisotopic (exact) mass is 382 g/mol. The van der Waals surface area contributed by atoms with E-state index in [2.05, 4.69) is 13.1 Å². The van der Waals surface area contributed by atoms with Gasteiger partial charge in [0.1, 0.15) is 0 Å². The van der Waals surface area contributed by atoms with Gasteiger partial charge in [0.2, 0.25) is 0 Å². The lowest BCUT2D eigenvalue weighted by atomic mass is 10.7. The van der Waals surface area contributed by atoms with Crippen molar-refractivity contribution in [2.75, 3.05) is 27.9 Å². The van der Waals surface area contributed by atoms with Gasteiger partial charge in [0.15, 0.2) is 8.32 Å². The van der Waals surface area contributed by atoms with Gasteiger partial charge in [-0.05, 0) is 52.2 Å². The zero-order valence-electron chi connectivity index (χ0n) is 16.1. The molecule has 0 aromatic heterocycles. The highest BCUT2D eigenvalue weighted by molar-refractivity contribution is 6.83. The number of hydrogen-bond donors (Lipinski definition) is 0. The molecule has 0 saturated carbocycles. The average Bonchev–Trinajstić information content (AvgIpc) is 2.47. The Kier molecular flexibility index (Phi) is 9.89. The van der Waals surface area contributed by atoms with Crippen molar-refractivity contribution in [1.29, 1.82) is 0 Å². The van der Waals surface area contributed by atoms with Crippen LogP contribution in [0.4, 0.5) is 0 Å². The predicted octanol–water partition coefficient (Wildman–Crippen LogP) is 3.70. The zero-order chi connectivity index (χ0) is 18.1. The molecule has 0 aliphatic rings. The van der Waals surface area contributed by atoms with Crippen molar-refractivity contribution in [3.8, 4) is 0 Å². The Morgan fingerprint density at radius 3 is 1.83 bits per heavy atom. The first-order valence-corrected chi connectivity index (χ1v) is 15.8. The van der Waals surface area contributed by atoms with Crippen molar-refractivity contribution in [2.45, 2.75) is 52.1 Å². The first kappa shape index (κ1) is 22.8. The van der Waals surface area contributed by atoms with Crippen LogP contribution in [0.2, 0.25) is 38.3 Å². The summed E-state index contributed by atoms with van der Waals surface area (Å²) in [5.74, 6) is 0.545. The van der Waals surface area contributed by atoms with E-state index in [0.29, 0.717) is 12.6 Å². The molecule has 0 aromatic rings. The standard InChI is InChI=1S/C14H34O6Si3/c1-10-14(18-11-2)19-22(8,9)20-21(6,7)12-13-23(15-3,16-4)17-5/h10H,11-13H2,1-9H3. The summed E-state index contributed by atoms with van der Waals surface area (Å²) >= 11 is 0. The Balaban J connectivity index is 4.76. The second-order valence-electron chi connectivity index (χ2n) is 6.20. The normalized spacial score (nSPS) is 14.0. The molecule has 0 N–H and O–H groups in total. The summed E-state index contributed by atoms with van der Waals surface area (Å²) in [6.45, 7) is 12.9. The van der Waals surface area contributed by atoms with E-state index in [1.54, 1.807) is 21.3 Å². The summed E-state index contributed by atoms with van der Waals surface area (Å²) in [5.41, 5.74) is 0. The van der Waals surface area contributed by atoms with Crippen molar-refractivity contribution >= 4 is 25.7 Å². The minimum atomic E-state index is -2.56. The van der Waals surface area contributed by atoms with Gasteiger partial charge in [0, 0.05) is 27.4 Å². The lowest BCUT2D eigenvalue weighted by Gasteiger charge is -2.35. The van der Waals surface area contributed by atoms with E-state index in [4.69, 9.17) is 26.6 Å². The maximum absolute atomic E-state index is 6.42. The highest BCUT2D eigenvalue weighted by Gasteiger charge is 2.43. The van der Waals surface area contributed by atoms with Gasteiger partial charge in [0.25, 0.3) is 5.95 Å². The van der Waals surface area contributed by atoms with E-state index in [1.165, 1.54) is 0 Å². The van der Waals surface area contributed by atoms with Crippen LogP contribution in [-0.2, 0) is 26.6 Å². The highest BCUT2D eigenvalue weighted by atomic mass is 28.4. The molecule has 0 spiro atoms. The molecule has 0 fully saturated rings. The first-order chi connectivity index (χ1) is 10.6. The molecule has 0 aromatic carbocycles. The van der Waals surface area contributed by atoms with E-state index < -0.39 is 25.7 Å². The zero-order valence-corrected chi connectivity index (χ0v) is 19.1. The van der Waals surface area contributed by atoms with Crippen molar-refractivity contribution in [2.24, 2.45) is 0 Å². The van der Waals surface area contributed by atoms with Crippen LogP contribution in [0.3, 0.4) is 0 Å². The van der Waals surface area contributed by atoms with Crippen LogP contribution in [0.15, 0.2) is 12.0 Å². The summed E-state index contributed by atoms with van der Waals surface area (Å²) in [6, 6.07) is 1.62. The van der Waals surface area contributed by atoms with Gasteiger partial charge < -0.3 is 26.6 Å². The maximum Gasteiger partial charge on any atom is 0.499 e. The third-order valence-corrected chi connectivity index (χ3v) is 12.9. The fourth-order valence-corrected chi connectivity index (χ4v) is 13.6. The van der Waals surface area contributed by atoms with E-state index in [0.717, 1.165) is 12.1 Å². The van der Waals surface area contributed by atoms with Gasteiger partial charge in [-0.2, -0.15) is 0 Å². The molecule has 0 saturated heterocycles. The van der Waals surface area contributed by atoms with Crippen LogP contribution in [0.1, 0.15) is 13.8 Å². The number of ether oxygens (including phenoxy) is 1. The summed E-state index contributed by atoms with van der Waals surface area (Å²) < 4.78 is 34.3. The maximum atomic E-state index is 6.42. The van der Waals surface area contributed by atoms with Crippen LogP contribution in [-0.4, -0.2) is 53.6 Å². The molecule has 0 heterocycles. The van der Waals surface area contributed by atoms with Crippen LogP contribution in [0.25, 0.3) is 0 Å². The minimum absolute atomic E-state index is 0.545. The van der Waals surface area contributed by atoms with Gasteiger partial charge in [-0.15, -0.1) is 0 Å². The van der Waals surface area contributed by atoms with Crippen molar-refractivity contribution in [3.63, 3.8) is 0 Å². The lowest BCUT2D eigenvalue weighted by molar-refractivity contribution is 0.0969. The molecule has 0 atom stereocenters. The molecule has 23 heavy (non-hydrogen) atoms. The molecule has 0 bridgehead atoms. The van der Waals surface area contributed by atoms with Crippen LogP contribution < -0.4 is 0 Å². The van der Waals surface area contributed by atoms with Gasteiger partial charge >= 0.3 is 17.4 Å². The molecule has 6 nitrogen and oxygen atoms in total. The molecular weight excluding hydrogens is 348 g/mol. The largest absolute Gasteiger partial charge is 0.499 e. The quantitative estimate of drug-likeness (QED) is 0.379. The van der Waals surface area contributed by atoms with E-state index >= 15 is 0 Å². The SMILES string of the molecule is CC=C(OCC)O[Si](C)(C)O[Si](C)(C)CC[Si](OC)(OC)OC. The second kappa shape index (κ2) is 9.97. The third kappa shape index (κ3) is 8.47. The smallest absolute Gasteiger partial charge is 0.495 e. The minimum Gasteiger partial charge on any atom is -0.495 e. The van der Waals surface area contributed by atoms with Gasteiger partial charge in [-0.25, -0.2) is 0 Å². The molecule has 0 aliphatic carbocycles. The van der Waals surface area contributed by atoms with Crippen LogP contribution in [0, 0.1) is 0 Å². The Morgan fingerprint density at radius 1 is 0.913 bits per heavy atom. The van der Waals surface area contributed by atoms with Crippen LogP contribution in [0.5, 0.6) is 0 Å². The fourth-order valence-electron chi connectivity index (χ4n) is 2.30. The summed E-state index contributed by atoms with van der Waals surface area (Å²) in [4.78, 5) is 0. The van der Waals surface area contributed by atoms with E-state index in [-0.39, 0.29) is 0 Å². The molecule has 0 amide bonds. The van der Waals surface area contributed by atoms with Crippen molar-refractivity contribution < 1.29 is 26.6 Å². The number of allylic oxidation sites excluding steroid dienone is 1. The molecule has 138 valence electrons. The number of rotatable bonds is 12. The molecule has 0 aliphatic heterocycles. The molecular formula is C14H34O6Si3. The highest BCUT2D eigenvalue weighted by Crippen LogP contribution is 2.27. The average molecular weight is 383 g/mol. The van der Waals surface area contributed by atoms with Crippen molar-refractivity contribution in [3.05, 3.63) is 12.0 Å². The molecule has 0 unspecified atom stereocenters. The fraction of sp³-hybridized carbons (Fsp3) is 0.857. The van der Waals surface area contributed by atoms with Gasteiger partial charge in [-0.1, -0.05) is 0 Å². The summed E-state index contributed by atoms with van der Waals surface area (Å²) in [5, 5.41) is 0. The van der Waals surface area contributed by atoms with Gasteiger partial charge in [-0.3, -0.25) is 0 Å². The Labute approximate surface area is 144 Å². The van der Waals surface area contributed by atoms with E-state index in [9.17, 15) is 0 Å². The summed E-state index contributed by atoms with van der Waals surface area (Å²) in [6.07, 6.45) is 1.83. The lowest BCUT2D eigenvalue weighted by Crippen LogP contribution is -2.49. The second-order valence-corrected chi connectivity index (χ2v) is 17.1. The van der Waals surface area contributed by atoms with Crippen LogP contribution >= 0.6 is 0 Å². The van der Waals surface area contributed by atoms with Gasteiger partial charge in [0.05, 0.1) is 6.61 Å². The Hall–Kier alpha value is -0.169. The Morgan fingerprint density at radius 2 is 1.43 bits per heavy atom. The first-order valence-electron chi connectivity index (χ1n) is 7.93. The topological polar surface area (TPSA) is 55.4 Å². The number of hydrogen-bond acceptors (Lipinski definition) is 6. The molecule has 9 heteroatoms. The third-order valence-electron chi connectivity index (χ3n) is 3.36. The molecule has 0 rings (SSSR count). The van der Waals surface area contributed by atoms with Crippen molar-refractivity contribution in [1.82, 2.24) is 0 Å². The van der Waals surface area contributed by atoms with E-state index in [1.807, 2.05) is 33.0 Å². The summed E-state index contributed by atoms with van der Waals surface area (Å²) in [7, 11) is -1.93. The molecule has 0 radical (unpaired) electrons. The Bertz CT molecular complexity index is 361. The predicted molar refractivity (Wildman–Crippen MR) is 98.9 cm³/mol.